The number of nitrogens with zero attached hydrogens (tertiary/aromatic N) is 2. The molecule has 0 unspecified atom stereocenters. The van der Waals surface area contributed by atoms with Crippen molar-refractivity contribution in [2.45, 2.75) is 32.7 Å². The maximum absolute atomic E-state index is 13.1. The molecule has 0 atom stereocenters. The van der Waals surface area contributed by atoms with Crippen molar-refractivity contribution in [3.63, 3.8) is 0 Å². The van der Waals surface area contributed by atoms with E-state index in [9.17, 15) is 18.8 Å². The molecule has 1 heterocycles. The van der Waals surface area contributed by atoms with Crippen molar-refractivity contribution >= 4 is 29.1 Å². The van der Waals surface area contributed by atoms with Crippen LogP contribution in [-0.2, 0) is 9.59 Å². The van der Waals surface area contributed by atoms with Crippen LogP contribution < -0.4 is 16.0 Å². The number of hydrogen-bond donors (Lipinski definition) is 3. The number of nitrogens with one attached hydrogen (secondary N) is 3. The Hall–Kier alpha value is -3.30. The Labute approximate surface area is 205 Å². The fourth-order valence-electron chi connectivity index (χ4n) is 3.92. The number of amides is 3. The maximum Gasteiger partial charge on any atom is 0.257 e. The van der Waals surface area contributed by atoms with Gasteiger partial charge in [-0.2, -0.15) is 0 Å². The molecule has 3 N–H and O–H groups in total. The quantitative estimate of drug-likeness (QED) is 0.563. The zero-order chi connectivity index (χ0) is 25.4. The first-order valence-corrected chi connectivity index (χ1v) is 11.8. The monoisotopic (exact) mass is 483 g/mol. The second-order valence-corrected chi connectivity index (χ2v) is 9.76. The van der Waals surface area contributed by atoms with Gasteiger partial charge in [-0.05, 0) is 76.7 Å². The molecule has 0 radical (unpaired) electrons. The lowest BCUT2D eigenvalue weighted by atomic mass is 10.1. The summed E-state index contributed by atoms with van der Waals surface area (Å²) in [4.78, 5) is 41.9. The molecule has 188 valence electrons. The molecule has 35 heavy (non-hydrogen) atoms. The van der Waals surface area contributed by atoms with E-state index in [2.05, 4.69) is 25.8 Å². The molecular formula is C26H34FN5O3. The highest BCUT2D eigenvalue weighted by molar-refractivity contribution is 6.10. The van der Waals surface area contributed by atoms with Crippen molar-refractivity contribution in [2.75, 3.05) is 49.9 Å². The van der Waals surface area contributed by atoms with Crippen molar-refractivity contribution in [3.05, 3.63) is 59.9 Å². The van der Waals surface area contributed by atoms with E-state index in [-0.39, 0.29) is 29.7 Å². The summed E-state index contributed by atoms with van der Waals surface area (Å²) in [5, 5.41) is 8.54. The Morgan fingerprint density at radius 2 is 1.43 bits per heavy atom. The summed E-state index contributed by atoms with van der Waals surface area (Å²) in [6, 6.07) is 12.3. The minimum absolute atomic E-state index is 0.000728. The second-order valence-electron chi connectivity index (χ2n) is 9.76. The average Bonchev–Trinajstić information content (AvgIpc) is 2.99. The van der Waals surface area contributed by atoms with E-state index in [1.54, 1.807) is 24.3 Å². The van der Waals surface area contributed by atoms with Gasteiger partial charge in [0.15, 0.2) is 0 Å². The van der Waals surface area contributed by atoms with Gasteiger partial charge in [-0.15, -0.1) is 0 Å². The Bertz CT molecular complexity index is 1040. The van der Waals surface area contributed by atoms with Gasteiger partial charge in [0.2, 0.25) is 11.8 Å². The molecular weight excluding hydrogens is 449 g/mol. The Balaban J connectivity index is 1.53. The largest absolute Gasteiger partial charge is 0.350 e. The molecule has 2 aromatic carbocycles. The van der Waals surface area contributed by atoms with Gasteiger partial charge in [0, 0.05) is 24.3 Å². The molecule has 0 bridgehead atoms. The van der Waals surface area contributed by atoms with Crippen LogP contribution in [0.2, 0.25) is 0 Å². The van der Waals surface area contributed by atoms with Gasteiger partial charge in [-0.1, -0.05) is 12.1 Å². The predicted molar refractivity (Wildman–Crippen MR) is 135 cm³/mol. The van der Waals surface area contributed by atoms with Gasteiger partial charge in [0.05, 0.1) is 24.3 Å². The van der Waals surface area contributed by atoms with Crippen LogP contribution in [0.25, 0.3) is 0 Å². The van der Waals surface area contributed by atoms with Crippen LogP contribution in [0, 0.1) is 5.82 Å². The molecule has 1 saturated heterocycles. The lowest BCUT2D eigenvalue weighted by Gasteiger charge is -2.25. The lowest BCUT2D eigenvalue weighted by molar-refractivity contribution is -0.123. The molecule has 1 fully saturated rings. The van der Waals surface area contributed by atoms with E-state index in [0.29, 0.717) is 36.6 Å². The summed E-state index contributed by atoms with van der Waals surface area (Å²) in [5.74, 6) is -1.00. The van der Waals surface area contributed by atoms with E-state index in [1.165, 1.54) is 24.3 Å². The zero-order valence-corrected chi connectivity index (χ0v) is 20.6. The number of hydrogen-bond acceptors (Lipinski definition) is 5. The Kier molecular flexibility index (Phi) is 8.95. The normalized spacial score (nSPS) is 15.2. The zero-order valence-electron chi connectivity index (χ0n) is 20.6. The third-order valence-corrected chi connectivity index (χ3v) is 5.48. The van der Waals surface area contributed by atoms with Crippen LogP contribution in [0.1, 0.15) is 37.6 Å². The van der Waals surface area contributed by atoms with Crippen molar-refractivity contribution in [3.8, 4) is 0 Å². The highest BCUT2D eigenvalue weighted by Crippen LogP contribution is 2.18. The molecule has 0 spiro atoms. The van der Waals surface area contributed by atoms with Crippen LogP contribution >= 0.6 is 0 Å². The number of benzene rings is 2. The molecule has 1 aliphatic rings. The number of halogens is 1. The fourth-order valence-corrected chi connectivity index (χ4v) is 3.92. The number of carbonyl (C=O) groups excluding carboxylic acids is 3. The lowest BCUT2D eigenvalue weighted by Crippen LogP contribution is -2.46. The molecule has 0 aromatic heterocycles. The SMILES string of the molecule is CC(C)(C)NC(=O)CN1CCCN(CC(=O)Nc2ccccc2C(=O)Nc2ccc(F)cc2)CC1. The van der Waals surface area contributed by atoms with Gasteiger partial charge >= 0.3 is 0 Å². The van der Waals surface area contributed by atoms with Crippen LogP contribution in [0.3, 0.4) is 0 Å². The molecule has 0 saturated carbocycles. The van der Waals surface area contributed by atoms with E-state index in [0.717, 1.165) is 19.5 Å². The predicted octanol–water partition coefficient (Wildman–Crippen LogP) is 2.94. The number of para-hydroxylation sites is 1. The minimum Gasteiger partial charge on any atom is -0.350 e. The van der Waals surface area contributed by atoms with E-state index >= 15 is 0 Å². The summed E-state index contributed by atoms with van der Waals surface area (Å²) in [6.07, 6.45) is 0.854. The minimum atomic E-state index is -0.397. The summed E-state index contributed by atoms with van der Waals surface area (Å²) in [6.45, 7) is 9.31. The first-order valence-electron chi connectivity index (χ1n) is 11.8. The topological polar surface area (TPSA) is 93.8 Å². The van der Waals surface area contributed by atoms with Crippen molar-refractivity contribution in [1.29, 1.82) is 0 Å². The second kappa shape index (κ2) is 11.9. The van der Waals surface area contributed by atoms with Crippen LogP contribution in [0.4, 0.5) is 15.8 Å². The molecule has 3 rings (SSSR count). The van der Waals surface area contributed by atoms with Crippen molar-refractivity contribution < 1.29 is 18.8 Å². The fraction of sp³-hybridized carbons (Fsp3) is 0.423. The maximum atomic E-state index is 13.1. The van der Waals surface area contributed by atoms with Gasteiger partial charge in [-0.3, -0.25) is 24.2 Å². The van der Waals surface area contributed by atoms with Gasteiger partial charge in [0.1, 0.15) is 5.82 Å². The van der Waals surface area contributed by atoms with Gasteiger partial charge < -0.3 is 16.0 Å². The van der Waals surface area contributed by atoms with Gasteiger partial charge in [-0.25, -0.2) is 4.39 Å². The third-order valence-electron chi connectivity index (χ3n) is 5.48. The van der Waals surface area contributed by atoms with E-state index in [4.69, 9.17) is 0 Å². The van der Waals surface area contributed by atoms with Gasteiger partial charge in [0.25, 0.3) is 5.91 Å². The number of carbonyl (C=O) groups is 3. The molecule has 1 aliphatic heterocycles. The van der Waals surface area contributed by atoms with E-state index < -0.39 is 5.91 Å². The third kappa shape index (κ3) is 8.77. The summed E-state index contributed by atoms with van der Waals surface area (Å²) in [7, 11) is 0. The first-order chi connectivity index (χ1) is 16.6. The Morgan fingerprint density at radius 1 is 0.829 bits per heavy atom. The Morgan fingerprint density at radius 3 is 2.06 bits per heavy atom. The molecule has 8 nitrogen and oxygen atoms in total. The molecule has 9 heteroatoms. The highest BCUT2D eigenvalue weighted by Gasteiger charge is 2.21. The van der Waals surface area contributed by atoms with Crippen LogP contribution in [-0.4, -0.2) is 72.3 Å². The summed E-state index contributed by atoms with van der Waals surface area (Å²) in [5.41, 5.74) is 0.923. The summed E-state index contributed by atoms with van der Waals surface area (Å²) >= 11 is 0. The first kappa shape index (κ1) is 26.3. The number of rotatable bonds is 7. The van der Waals surface area contributed by atoms with Crippen LogP contribution in [0.5, 0.6) is 0 Å². The highest BCUT2D eigenvalue weighted by atomic mass is 19.1. The summed E-state index contributed by atoms with van der Waals surface area (Å²) < 4.78 is 13.1. The van der Waals surface area contributed by atoms with Crippen molar-refractivity contribution in [2.24, 2.45) is 0 Å². The van der Waals surface area contributed by atoms with Crippen molar-refractivity contribution in [1.82, 2.24) is 15.1 Å². The van der Waals surface area contributed by atoms with E-state index in [1.807, 2.05) is 20.8 Å². The smallest absolute Gasteiger partial charge is 0.257 e. The molecule has 3 amide bonds. The molecule has 0 aliphatic carbocycles. The average molecular weight is 484 g/mol. The van der Waals surface area contributed by atoms with Crippen LogP contribution in [0.15, 0.2) is 48.5 Å². The number of anilines is 2. The standard InChI is InChI=1S/C26H34FN5O3/c1-26(2,3)30-24(34)18-32-14-6-13-31(15-16-32)17-23(33)29-22-8-5-4-7-21(22)25(35)28-20-11-9-19(27)10-12-20/h4-5,7-12H,6,13-18H2,1-3H3,(H,28,35)(H,29,33)(H,30,34). The molecule has 2 aromatic rings.